The first-order valence-electron chi connectivity index (χ1n) is 8.76. The van der Waals surface area contributed by atoms with Gasteiger partial charge in [0.25, 0.3) is 6.23 Å². The van der Waals surface area contributed by atoms with Crippen LogP contribution in [0.1, 0.15) is 33.3 Å². The quantitative estimate of drug-likeness (QED) is 0.444. The van der Waals surface area contributed by atoms with Crippen LogP contribution in [-0.4, -0.2) is 22.7 Å². The van der Waals surface area contributed by atoms with Gasteiger partial charge in [0, 0.05) is 27.0 Å². The molecule has 0 spiro atoms. The van der Waals surface area contributed by atoms with Crippen LogP contribution in [0.4, 0.5) is 0 Å². The Bertz CT molecular complexity index is 1080. The molecule has 140 valence electrons. The smallest absolute Gasteiger partial charge is 0.251 e. The lowest BCUT2D eigenvalue weighted by Gasteiger charge is -2.37. The van der Waals surface area contributed by atoms with Gasteiger partial charge in [0.2, 0.25) is 5.78 Å². The predicted molar refractivity (Wildman–Crippen MR) is 114 cm³/mol. The van der Waals surface area contributed by atoms with Gasteiger partial charge < -0.3 is 4.74 Å². The molecule has 3 aromatic rings. The summed E-state index contributed by atoms with van der Waals surface area (Å²) < 4.78 is 7.11. The highest BCUT2D eigenvalue weighted by Crippen LogP contribution is 2.44. The van der Waals surface area contributed by atoms with Crippen LogP contribution < -0.4 is 4.74 Å². The molecule has 0 amide bonds. The number of nitrogens with zero attached hydrogens (tertiary/aromatic N) is 2. The fourth-order valence-electron chi connectivity index (χ4n) is 3.58. The van der Waals surface area contributed by atoms with Crippen molar-refractivity contribution in [1.82, 2.24) is 5.01 Å². The summed E-state index contributed by atoms with van der Waals surface area (Å²) in [5.41, 5.74) is 2.56. The summed E-state index contributed by atoms with van der Waals surface area (Å²) in [4.78, 5) is 14.4. The Labute approximate surface area is 179 Å². The average molecular weight is 474 g/mol. The van der Waals surface area contributed by atoms with Crippen molar-refractivity contribution in [2.45, 2.75) is 18.7 Å². The van der Waals surface area contributed by atoms with Crippen LogP contribution in [0.3, 0.4) is 0 Å². The van der Waals surface area contributed by atoms with E-state index in [0.29, 0.717) is 10.6 Å². The number of halogens is 2. The van der Waals surface area contributed by atoms with E-state index in [-0.39, 0.29) is 11.8 Å². The minimum absolute atomic E-state index is 0.0420. The first-order valence-corrected chi connectivity index (χ1v) is 10.8. The monoisotopic (exact) mass is 472 g/mol. The molecule has 0 saturated heterocycles. The number of ether oxygens (including phenoxy) is 1. The second-order valence-corrected chi connectivity index (χ2v) is 8.95. The SMILES string of the molecule is O=C(c1ccc(Cl)cc1)[C@H]1Oc2ccc(Br)cc2[C@H]2CC(c3cccs3)=NN12. The van der Waals surface area contributed by atoms with Crippen molar-refractivity contribution >= 4 is 50.4 Å². The number of hydrogen-bond donors (Lipinski definition) is 0. The van der Waals surface area contributed by atoms with Gasteiger partial charge in [-0.25, -0.2) is 5.01 Å². The Hall–Kier alpha value is -2.15. The Morgan fingerprint density at radius 3 is 2.79 bits per heavy atom. The molecule has 2 aliphatic rings. The van der Waals surface area contributed by atoms with Gasteiger partial charge in [0.1, 0.15) is 5.75 Å². The Balaban J connectivity index is 1.57. The third kappa shape index (κ3) is 3.05. The van der Waals surface area contributed by atoms with Crippen molar-refractivity contribution in [3.05, 3.63) is 85.5 Å². The summed E-state index contributed by atoms with van der Waals surface area (Å²) >= 11 is 11.2. The van der Waals surface area contributed by atoms with Crippen molar-refractivity contribution in [2.75, 3.05) is 0 Å². The standard InChI is InChI=1S/C21H14BrClN2O2S/c22-13-5-8-18-15(10-13)17-11-16(19-2-1-9-28-19)24-25(17)21(27-18)20(26)12-3-6-14(23)7-4-12/h1-10,17,21H,11H2/t17-,21-/m1/s1. The zero-order chi connectivity index (χ0) is 19.3. The van der Waals surface area contributed by atoms with Crippen LogP contribution in [0.25, 0.3) is 0 Å². The molecule has 2 aliphatic heterocycles. The van der Waals surface area contributed by atoms with E-state index >= 15 is 0 Å². The number of carbonyl (C=O) groups excluding carboxylic acids is 1. The molecule has 0 unspecified atom stereocenters. The number of carbonyl (C=O) groups is 1. The predicted octanol–water partition coefficient (Wildman–Crippen LogP) is 5.92. The van der Waals surface area contributed by atoms with Crippen LogP contribution in [0.2, 0.25) is 5.02 Å². The topological polar surface area (TPSA) is 41.9 Å². The van der Waals surface area contributed by atoms with Crippen LogP contribution in [0.15, 0.2) is 69.6 Å². The fourth-order valence-corrected chi connectivity index (χ4v) is 4.81. The van der Waals surface area contributed by atoms with Crippen LogP contribution in [-0.2, 0) is 0 Å². The van der Waals surface area contributed by atoms with Crippen molar-refractivity contribution < 1.29 is 9.53 Å². The molecule has 0 aliphatic carbocycles. The number of benzene rings is 2. The summed E-state index contributed by atoms with van der Waals surface area (Å²) in [5.74, 6) is 0.589. The molecule has 2 atom stereocenters. The van der Waals surface area contributed by atoms with Gasteiger partial charge in [-0.15, -0.1) is 11.3 Å². The second-order valence-electron chi connectivity index (χ2n) is 6.65. The van der Waals surface area contributed by atoms with Crippen molar-refractivity contribution in [2.24, 2.45) is 5.10 Å². The minimum atomic E-state index is -0.808. The van der Waals surface area contributed by atoms with Gasteiger partial charge in [0.15, 0.2) is 0 Å². The Kier molecular flexibility index (Phi) is 4.50. The normalized spacial score (nSPS) is 20.2. The zero-order valence-electron chi connectivity index (χ0n) is 14.5. The Morgan fingerprint density at radius 1 is 1.21 bits per heavy atom. The molecular weight excluding hydrogens is 460 g/mol. The highest BCUT2D eigenvalue weighted by Gasteiger charge is 2.43. The first kappa shape index (κ1) is 17.9. The lowest BCUT2D eigenvalue weighted by atomic mass is 9.97. The number of hydrazone groups is 1. The van der Waals surface area contributed by atoms with Gasteiger partial charge in [0.05, 0.1) is 16.6 Å². The number of Topliss-reactive ketones (excluding diaryl/α,β-unsaturated/α-hetero) is 1. The van der Waals surface area contributed by atoms with E-state index in [2.05, 4.69) is 22.0 Å². The van der Waals surface area contributed by atoms with E-state index in [1.54, 1.807) is 40.6 Å². The van der Waals surface area contributed by atoms with E-state index in [1.807, 2.05) is 29.6 Å². The third-order valence-electron chi connectivity index (χ3n) is 4.91. The number of fused-ring (bicyclic) bond motifs is 3. The average Bonchev–Trinajstić information content (AvgIpc) is 3.37. The summed E-state index contributed by atoms with van der Waals surface area (Å²) in [6.07, 6.45) is -0.0742. The highest BCUT2D eigenvalue weighted by molar-refractivity contribution is 9.10. The van der Waals surface area contributed by atoms with E-state index in [9.17, 15) is 4.79 Å². The van der Waals surface area contributed by atoms with Gasteiger partial charge in [-0.2, -0.15) is 5.10 Å². The number of thiophene rings is 1. The van der Waals surface area contributed by atoms with E-state index < -0.39 is 6.23 Å². The lowest BCUT2D eigenvalue weighted by molar-refractivity contribution is -0.00458. The van der Waals surface area contributed by atoms with Gasteiger partial charge >= 0.3 is 0 Å². The summed E-state index contributed by atoms with van der Waals surface area (Å²) in [6.45, 7) is 0. The summed E-state index contributed by atoms with van der Waals surface area (Å²) in [5, 5.41) is 9.23. The van der Waals surface area contributed by atoms with E-state index in [4.69, 9.17) is 21.4 Å². The number of rotatable bonds is 3. The maximum Gasteiger partial charge on any atom is 0.251 e. The molecule has 5 rings (SSSR count). The van der Waals surface area contributed by atoms with Gasteiger partial charge in [-0.1, -0.05) is 33.6 Å². The summed E-state index contributed by atoms with van der Waals surface area (Å²) in [7, 11) is 0. The molecule has 0 saturated carbocycles. The molecule has 0 N–H and O–H groups in total. The molecular formula is C21H14BrClN2O2S. The third-order valence-corrected chi connectivity index (χ3v) is 6.57. The minimum Gasteiger partial charge on any atom is -0.461 e. The molecule has 0 bridgehead atoms. The van der Waals surface area contributed by atoms with Crippen LogP contribution in [0.5, 0.6) is 5.75 Å². The van der Waals surface area contributed by atoms with Crippen molar-refractivity contribution in [3.8, 4) is 5.75 Å². The second kappa shape index (κ2) is 7.03. The van der Waals surface area contributed by atoms with Crippen LogP contribution in [0, 0.1) is 0 Å². The zero-order valence-corrected chi connectivity index (χ0v) is 17.7. The van der Waals surface area contributed by atoms with E-state index in [1.165, 1.54) is 0 Å². The fraction of sp³-hybridized carbons (Fsp3) is 0.143. The number of hydrogen-bond acceptors (Lipinski definition) is 5. The van der Waals surface area contributed by atoms with Crippen molar-refractivity contribution in [1.29, 1.82) is 0 Å². The van der Waals surface area contributed by atoms with E-state index in [0.717, 1.165) is 32.8 Å². The maximum absolute atomic E-state index is 13.2. The Morgan fingerprint density at radius 2 is 2.04 bits per heavy atom. The largest absolute Gasteiger partial charge is 0.461 e. The van der Waals surface area contributed by atoms with Gasteiger partial charge in [-0.3, -0.25) is 4.79 Å². The van der Waals surface area contributed by atoms with Crippen LogP contribution >= 0.6 is 38.9 Å². The molecule has 3 heterocycles. The molecule has 0 fully saturated rings. The molecule has 28 heavy (non-hydrogen) atoms. The summed E-state index contributed by atoms with van der Waals surface area (Å²) in [6, 6.07) is 16.8. The number of ketones is 1. The first-order chi connectivity index (χ1) is 13.6. The molecule has 0 radical (unpaired) electrons. The lowest BCUT2D eigenvalue weighted by Crippen LogP contribution is -2.45. The molecule has 2 aromatic carbocycles. The maximum atomic E-state index is 13.2. The highest BCUT2D eigenvalue weighted by atomic mass is 79.9. The van der Waals surface area contributed by atoms with Crippen molar-refractivity contribution in [3.63, 3.8) is 0 Å². The molecule has 1 aromatic heterocycles. The molecule has 4 nitrogen and oxygen atoms in total. The van der Waals surface area contributed by atoms with Gasteiger partial charge in [-0.05, 0) is 53.9 Å². The molecule has 7 heteroatoms.